The molecule has 2 heterocycles. The average Bonchev–Trinajstić information content (AvgIpc) is 2.82. The van der Waals surface area contributed by atoms with Crippen LogP contribution >= 0.6 is 11.3 Å². The second-order valence-corrected chi connectivity index (χ2v) is 5.74. The van der Waals surface area contributed by atoms with Gasteiger partial charge in [-0.1, -0.05) is 13.8 Å². The van der Waals surface area contributed by atoms with Crippen molar-refractivity contribution in [3.8, 4) is 0 Å². The molecule has 2 N–H and O–H groups in total. The van der Waals surface area contributed by atoms with Crippen LogP contribution in [0, 0.1) is 0 Å². The van der Waals surface area contributed by atoms with E-state index in [1.165, 1.54) is 11.2 Å². The molecule has 2 aromatic heterocycles. The Hall–Kier alpha value is -1.69. The number of aliphatic carboxylic acids is 1. The molecule has 0 aliphatic heterocycles. The lowest BCUT2D eigenvalue weighted by atomic mass is 9.99. The van der Waals surface area contributed by atoms with Gasteiger partial charge in [-0.05, 0) is 25.8 Å². The summed E-state index contributed by atoms with van der Waals surface area (Å²) in [5.74, 6) is -0.291. The van der Waals surface area contributed by atoms with Crippen molar-refractivity contribution in [2.75, 3.05) is 5.32 Å². The Morgan fingerprint density at radius 3 is 2.79 bits per heavy atom. The summed E-state index contributed by atoms with van der Waals surface area (Å²) in [6.07, 6.45) is 2.88. The van der Waals surface area contributed by atoms with Crippen LogP contribution in [-0.4, -0.2) is 26.6 Å². The number of carboxylic acid groups (broad SMARTS) is 1. The summed E-state index contributed by atoms with van der Waals surface area (Å²) in [7, 11) is 0. The number of thiophene rings is 1. The minimum Gasteiger partial charge on any atom is -0.480 e. The van der Waals surface area contributed by atoms with Gasteiger partial charge in [0.1, 0.15) is 22.5 Å². The largest absolute Gasteiger partial charge is 0.480 e. The number of fused-ring (bicyclic) bond motifs is 1. The Morgan fingerprint density at radius 1 is 1.47 bits per heavy atom. The van der Waals surface area contributed by atoms with Gasteiger partial charge in [-0.2, -0.15) is 0 Å². The van der Waals surface area contributed by atoms with Crippen molar-refractivity contribution in [2.45, 2.75) is 39.2 Å². The van der Waals surface area contributed by atoms with Crippen LogP contribution in [0.4, 0.5) is 5.82 Å². The summed E-state index contributed by atoms with van der Waals surface area (Å²) in [5.41, 5.74) is -1.02. The van der Waals surface area contributed by atoms with E-state index in [0.29, 0.717) is 12.2 Å². The van der Waals surface area contributed by atoms with Gasteiger partial charge >= 0.3 is 5.97 Å². The first-order valence-corrected chi connectivity index (χ1v) is 7.06. The molecule has 0 aliphatic rings. The van der Waals surface area contributed by atoms with Gasteiger partial charge in [0.2, 0.25) is 0 Å². The van der Waals surface area contributed by atoms with Crippen LogP contribution in [0.25, 0.3) is 10.2 Å². The normalized spacial score (nSPS) is 14.3. The van der Waals surface area contributed by atoms with Gasteiger partial charge in [-0.25, -0.2) is 14.8 Å². The third-order valence-electron chi connectivity index (χ3n) is 3.30. The van der Waals surface area contributed by atoms with Crippen LogP contribution in [0.2, 0.25) is 0 Å². The number of rotatable bonds is 5. The quantitative estimate of drug-likeness (QED) is 0.880. The van der Waals surface area contributed by atoms with Crippen molar-refractivity contribution in [1.29, 1.82) is 0 Å². The van der Waals surface area contributed by atoms with Gasteiger partial charge in [0.15, 0.2) is 0 Å². The Bertz CT molecular complexity index is 611. The van der Waals surface area contributed by atoms with Crippen molar-refractivity contribution < 1.29 is 9.90 Å². The van der Waals surface area contributed by atoms with Crippen LogP contribution in [0.1, 0.15) is 32.1 Å². The fourth-order valence-electron chi connectivity index (χ4n) is 1.73. The van der Waals surface area contributed by atoms with E-state index in [9.17, 15) is 9.90 Å². The minimum absolute atomic E-state index is 0.471. The highest BCUT2D eigenvalue weighted by atomic mass is 32.1. The number of aromatic nitrogens is 2. The number of carboxylic acids is 1. The van der Waals surface area contributed by atoms with E-state index >= 15 is 0 Å². The molecule has 0 spiro atoms. The van der Waals surface area contributed by atoms with Gasteiger partial charge in [0, 0.05) is 4.88 Å². The molecule has 102 valence electrons. The number of carbonyl (C=O) groups is 1. The molecule has 0 radical (unpaired) electrons. The molecule has 0 aliphatic carbocycles. The van der Waals surface area contributed by atoms with Crippen molar-refractivity contribution >= 4 is 33.3 Å². The zero-order valence-electron chi connectivity index (χ0n) is 11.2. The predicted molar refractivity (Wildman–Crippen MR) is 76.7 cm³/mol. The first kappa shape index (κ1) is 13.7. The second kappa shape index (κ2) is 5.13. The molecule has 19 heavy (non-hydrogen) atoms. The van der Waals surface area contributed by atoms with Crippen molar-refractivity contribution in [1.82, 2.24) is 9.97 Å². The third kappa shape index (κ3) is 2.53. The molecule has 0 bridgehead atoms. The van der Waals surface area contributed by atoms with E-state index in [0.717, 1.165) is 16.6 Å². The molecule has 6 heteroatoms. The maximum absolute atomic E-state index is 11.4. The molecule has 0 fully saturated rings. The summed E-state index contributed by atoms with van der Waals surface area (Å²) < 4.78 is 0. The van der Waals surface area contributed by atoms with Gasteiger partial charge < -0.3 is 10.4 Å². The minimum atomic E-state index is -1.02. The summed E-state index contributed by atoms with van der Waals surface area (Å²) in [4.78, 5) is 21.9. The fourth-order valence-corrected chi connectivity index (χ4v) is 2.67. The number of anilines is 1. The summed E-state index contributed by atoms with van der Waals surface area (Å²) in [5, 5.41) is 13.2. The highest BCUT2D eigenvalue weighted by Gasteiger charge is 2.31. The molecule has 1 unspecified atom stereocenters. The van der Waals surface area contributed by atoms with E-state index in [2.05, 4.69) is 22.2 Å². The van der Waals surface area contributed by atoms with E-state index < -0.39 is 11.5 Å². The lowest BCUT2D eigenvalue weighted by molar-refractivity contribution is -0.141. The maximum atomic E-state index is 11.4. The molecular weight excluding hydrogens is 262 g/mol. The molecule has 5 nitrogen and oxygen atoms in total. The topological polar surface area (TPSA) is 75.1 Å². The van der Waals surface area contributed by atoms with E-state index in [-0.39, 0.29) is 0 Å². The molecular formula is C13H17N3O2S. The van der Waals surface area contributed by atoms with Crippen molar-refractivity contribution in [2.24, 2.45) is 0 Å². The Balaban J connectivity index is 2.45. The van der Waals surface area contributed by atoms with Crippen LogP contribution < -0.4 is 5.32 Å². The summed E-state index contributed by atoms with van der Waals surface area (Å²) in [6, 6.07) is 2.03. The SMILES string of the molecule is CCc1cc2c(NC(C)(CC)C(=O)O)ncnc2s1. The maximum Gasteiger partial charge on any atom is 0.329 e. The zero-order valence-corrected chi connectivity index (χ0v) is 12.0. The van der Waals surface area contributed by atoms with Crippen LogP contribution in [-0.2, 0) is 11.2 Å². The Kier molecular flexibility index (Phi) is 3.71. The number of hydrogen-bond donors (Lipinski definition) is 2. The van der Waals surface area contributed by atoms with E-state index in [1.807, 2.05) is 13.0 Å². The van der Waals surface area contributed by atoms with Gasteiger partial charge in [0.25, 0.3) is 0 Å². The zero-order chi connectivity index (χ0) is 14.0. The standard InChI is InChI=1S/C13H17N3O2S/c1-4-8-6-9-10(14-7-15-11(9)19-8)16-13(3,5-2)12(17)18/h6-7H,4-5H2,1-3H3,(H,17,18)(H,14,15,16). The third-order valence-corrected chi connectivity index (χ3v) is 4.49. The molecule has 1 atom stereocenters. The Morgan fingerprint density at radius 2 is 2.21 bits per heavy atom. The summed E-state index contributed by atoms with van der Waals surface area (Å²) in [6.45, 7) is 5.58. The fraction of sp³-hybridized carbons (Fsp3) is 0.462. The van der Waals surface area contributed by atoms with Gasteiger partial charge in [-0.15, -0.1) is 11.3 Å². The monoisotopic (exact) mass is 279 g/mol. The van der Waals surface area contributed by atoms with Crippen molar-refractivity contribution in [3.63, 3.8) is 0 Å². The van der Waals surface area contributed by atoms with Gasteiger partial charge in [0.05, 0.1) is 5.39 Å². The smallest absolute Gasteiger partial charge is 0.329 e. The van der Waals surface area contributed by atoms with Crippen LogP contribution in [0.3, 0.4) is 0 Å². The Labute approximate surface area is 115 Å². The number of nitrogens with one attached hydrogen (secondary N) is 1. The lowest BCUT2D eigenvalue weighted by Gasteiger charge is -2.25. The highest BCUT2D eigenvalue weighted by molar-refractivity contribution is 7.18. The van der Waals surface area contributed by atoms with Crippen LogP contribution in [0.15, 0.2) is 12.4 Å². The molecule has 2 rings (SSSR count). The van der Waals surface area contributed by atoms with E-state index in [1.54, 1.807) is 18.3 Å². The number of hydrogen-bond acceptors (Lipinski definition) is 5. The van der Waals surface area contributed by atoms with Crippen LogP contribution in [0.5, 0.6) is 0 Å². The second-order valence-electron chi connectivity index (χ2n) is 4.62. The number of aryl methyl sites for hydroxylation is 1. The lowest BCUT2D eigenvalue weighted by Crippen LogP contribution is -2.43. The molecule has 0 aromatic carbocycles. The molecule has 0 saturated carbocycles. The average molecular weight is 279 g/mol. The number of nitrogens with zero attached hydrogens (tertiary/aromatic N) is 2. The molecule has 0 amide bonds. The van der Waals surface area contributed by atoms with Gasteiger partial charge in [-0.3, -0.25) is 0 Å². The predicted octanol–water partition coefficient (Wildman–Crippen LogP) is 2.92. The molecule has 0 saturated heterocycles. The summed E-state index contributed by atoms with van der Waals surface area (Å²) >= 11 is 1.61. The first-order valence-electron chi connectivity index (χ1n) is 6.25. The van der Waals surface area contributed by atoms with Crippen molar-refractivity contribution in [3.05, 3.63) is 17.3 Å². The first-order chi connectivity index (χ1) is 9.00. The van der Waals surface area contributed by atoms with E-state index in [4.69, 9.17) is 0 Å². The highest BCUT2D eigenvalue weighted by Crippen LogP contribution is 2.30. The molecule has 2 aromatic rings.